The van der Waals surface area contributed by atoms with Crippen LogP contribution in [0.25, 0.3) is 0 Å². The van der Waals surface area contributed by atoms with E-state index in [0.29, 0.717) is 28.1 Å². The van der Waals surface area contributed by atoms with Gasteiger partial charge in [0.15, 0.2) is 0 Å². The van der Waals surface area contributed by atoms with Gasteiger partial charge < -0.3 is 10.1 Å². The van der Waals surface area contributed by atoms with Gasteiger partial charge in [-0.05, 0) is 41.3 Å². The molecule has 1 aromatic heterocycles. The second kappa shape index (κ2) is 8.93. The topological polar surface area (TPSA) is 92.8 Å². The SMILES string of the molecule is O=C(OCCN1C(=O)c2ccccc2C1=O)c1ccc(CNC(=O)c2cccs2)cc1. The number of hydrogen-bond donors (Lipinski definition) is 1. The van der Waals surface area contributed by atoms with Crippen LogP contribution in [0.2, 0.25) is 0 Å². The second-order valence-electron chi connectivity index (χ2n) is 6.80. The normalized spacial score (nSPS) is 12.6. The molecule has 7 nitrogen and oxygen atoms in total. The molecular formula is C23H18N2O5S. The highest BCUT2D eigenvalue weighted by Gasteiger charge is 2.34. The summed E-state index contributed by atoms with van der Waals surface area (Å²) in [5, 5.41) is 4.65. The van der Waals surface area contributed by atoms with Gasteiger partial charge in [0.1, 0.15) is 6.61 Å². The number of nitrogens with one attached hydrogen (secondary N) is 1. The van der Waals surface area contributed by atoms with Crippen LogP contribution in [0.15, 0.2) is 66.0 Å². The molecule has 0 unspecified atom stereocenters. The molecule has 3 aromatic rings. The fraction of sp³-hybridized carbons (Fsp3) is 0.130. The van der Waals surface area contributed by atoms with Crippen LogP contribution in [0.1, 0.15) is 46.3 Å². The van der Waals surface area contributed by atoms with Crippen molar-refractivity contribution in [3.8, 4) is 0 Å². The van der Waals surface area contributed by atoms with Crippen molar-refractivity contribution in [2.45, 2.75) is 6.54 Å². The Morgan fingerprint density at radius 3 is 2.19 bits per heavy atom. The number of fused-ring (bicyclic) bond motifs is 1. The number of rotatable bonds is 7. The molecule has 8 heteroatoms. The molecule has 0 radical (unpaired) electrons. The van der Waals surface area contributed by atoms with Crippen LogP contribution >= 0.6 is 11.3 Å². The van der Waals surface area contributed by atoms with E-state index < -0.39 is 5.97 Å². The van der Waals surface area contributed by atoms with Gasteiger partial charge in [0.25, 0.3) is 17.7 Å². The lowest BCUT2D eigenvalue weighted by molar-refractivity contribution is 0.0420. The molecule has 4 rings (SSSR count). The molecule has 1 aliphatic rings. The van der Waals surface area contributed by atoms with Crippen molar-refractivity contribution < 1.29 is 23.9 Å². The first-order valence-corrected chi connectivity index (χ1v) is 10.5. The van der Waals surface area contributed by atoms with Crippen molar-refractivity contribution in [3.05, 3.63) is 93.2 Å². The highest BCUT2D eigenvalue weighted by molar-refractivity contribution is 7.12. The number of ether oxygens (including phenoxy) is 1. The summed E-state index contributed by atoms with van der Waals surface area (Å²) in [4.78, 5) is 50.6. The minimum Gasteiger partial charge on any atom is -0.460 e. The molecular weight excluding hydrogens is 416 g/mol. The molecule has 31 heavy (non-hydrogen) atoms. The lowest BCUT2D eigenvalue weighted by Crippen LogP contribution is -2.33. The monoisotopic (exact) mass is 434 g/mol. The molecule has 156 valence electrons. The Hall–Kier alpha value is -3.78. The van der Waals surface area contributed by atoms with Crippen molar-refractivity contribution in [3.63, 3.8) is 0 Å². The van der Waals surface area contributed by atoms with Crippen LogP contribution in [0.4, 0.5) is 0 Å². The average molecular weight is 434 g/mol. The van der Waals surface area contributed by atoms with E-state index in [1.807, 2.05) is 11.4 Å². The first kappa shape index (κ1) is 20.5. The maximum Gasteiger partial charge on any atom is 0.338 e. The van der Waals surface area contributed by atoms with Crippen molar-refractivity contribution in [1.82, 2.24) is 10.2 Å². The fourth-order valence-corrected chi connectivity index (χ4v) is 3.83. The number of amides is 3. The van der Waals surface area contributed by atoms with Gasteiger partial charge in [-0.25, -0.2) is 4.79 Å². The van der Waals surface area contributed by atoms with Crippen LogP contribution in [0, 0.1) is 0 Å². The second-order valence-corrected chi connectivity index (χ2v) is 7.75. The number of carbonyl (C=O) groups is 4. The number of benzene rings is 2. The fourth-order valence-electron chi connectivity index (χ4n) is 3.19. The molecule has 0 bridgehead atoms. The Labute approximate surface area is 182 Å². The summed E-state index contributed by atoms with van der Waals surface area (Å²) in [6.07, 6.45) is 0. The van der Waals surface area contributed by atoms with Gasteiger partial charge in [-0.15, -0.1) is 11.3 Å². The Morgan fingerprint density at radius 1 is 0.903 bits per heavy atom. The van der Waals surface area contributed by atoms with Gasteiger partial charge in [0.05, 0.1) is 28.1 Å². The van der Waals surface area contributed by atoms with Crippen molar-refractivity contribution in [1.29, 1.82) is 0 Å². The zero-order chi connectivity index (χ0) is 21.8. The summed E-state index contributed by atoms with van der Waals surface area (Å²) < 4.78 is 5.22. The number of imide groups is 1. The summed E-state index contributed by atoms with van der Waals surface area (Å²) in [5.74, 6) is -1.46. The minimum atomic E-state index is -0.550. The first-order chi connectivity index (χ1) is 15.0. The van der Waals surface area contributed by atoms with E-state index in [0.717, 1.165) is 10.5 Å². The summed E-state index contributed by atoms with van der Waals surface area (Å²) in [6.45, 7) is 0.236. The van der Waals surface area contributed by atoms with Gasteiger partial charge in [-0.2, -0.15) is 0 Å². The Balaban J connectivity index is 1.26. The first-order valence-electron chi connectivity index (χ1n) is 9.57. The largest absolute Gasteiger partial charge is 0.460 e. The molecule has 0 atom stereocenters. The predicted molar refractivity (Wildman–Crippen MR) is 114 cm³/mol. The van der Waals surface area contributed by atoms with Crippen LogP contribution < -0.4 is 5.32 Å². The third kappa shape index (κ3) is 4.39. The summed E-state index contributed by atoms with van der Waals surface area (Å²) in [7, 11) is 0. The summed E-state index contributed by atoms with van der Waals surface area (Å²) >= 11 is 1.37. The van der Waals surface area contributed by atoms with E-state index in [4.69, 9.17) is 4.74 Å². The number of carbonyl (C=O) groups excluding carboxylic acids is 4. The van der Waals surface area contributed by atoms with Gasteiger partial charge >= 0.3 is 5.97 Å². The molecule has 0 spiro atoms. The third-order valence-corrected chi connectivity index (χ3v) is 5.68. The quantitative estimate of drug-likeness (QED) is 0.456. The lowest BCUT2D eigenvalue weighted by atomic mass is 10.1. The van der Waals surface area contributed by atoms with Gasteiger partial charge in [-0.3, -0.25) is 19.3 Å². The number of esters is 1. The maximum atomic E-state index is 12.3. The van der Waals surface area contributed by atoms with Gasteiger partial charge in [-0.1, -0.05) is 30.3 Å². The Kier molecular flexibility index (Phi) is 5.90. The van der Waals surface area contributed by atoms with E-state index in [-0.39, 0.29) is 30.9 Å². The van der Waals surface area contributed by atoms with Crippen molar-refractivity contribution in [2.75, 3.05) is 13.2 Å². The average Bonchev–Trinajstić information content (AvgIpc) is 3.42. The van der Waals surface area contributed by atoms with Crippen molar-refractivity contribution >= 4 is 35.0 Å². The molecule has 0 saturated carbocycles. The van der Waals surface area contributed by atoms with Crippen LogP contribution in [0.3, 0.4) is 0 Å². The Morgan fingerprint density at radius 2 is 1.58 bits per heavy atom. The molecule has 2 heterocycles. The summed E-state index contributed by atoms with van der Waals surface area (Å²) in [5.41, 5.74) is 1.91. The van der Waals surface area contributed by atoms with E-state index in [1.54, 1.807) is 54.6 Å². The number of nitrogens with zero attached hydrogens (tertiary/aromatic N) is 1. The Bertz CT molecular complexity index is 1100. The van der Waals surface area contributed by atoms with Gasteiger partial charge in [0, 0.05) is 6.54 Å². The smallest absolute Gasteiger partial charge is 0.338 e. The van der Waals surface area contributed by atoms with Crippen LogP contribution in [-0.2, 0) is 11.3 Å². The van der Waals surface area contributed by atoms with E-state index in [1.165, 1.54) is 11.3 Å². The van der Waals surface area contributed by atoms with Gasteiger partial charge in [0.2, 0.25) is 0 Å². The molecule has 0 saturated heterocycles. The molecule has 0 aliphatic carbocycles. The summed E-state index contributed by atoms with van der Waals surface area (Å²) in [6, 6.07) is 16.8. The maximum absolute atomic E-state index is 12.3. The highest BCUT2D eigenvalue weighted by Crippen LogP contribution is 2.22. The third-order valence-electron chi connectivity index (χ3n) is 4.81. The predicted octanol–water partition coefficient (Wildman–Crippen LogP) is 3.13. The molecule has 2 aromatic carbocycles. The number of hydrogen-bond acceptors (Lipinski definition) is 6. The molecule has 3 amide bonds. The van der Waals surface area contributed by atoms with E-state index in [2.05, 4.69) is 5.32 Å². The van der Waals surface area contributed by atoms with E-state index >= 15 is 0 Å². The molecule has 1 N–H and O–H groups in total. The number of thiophene rings is 1. The van der Waals surface area contributed by atoms with E-state index in [9.17, 15) is 19.2 Å². The van der Waals surface area contributed by atoms with Crippen LogP contribution in [-0.4, -0.2) is 41.7 Å². The zero-order valence-corrected chi connectivity index (χ0v) is 17.2. The van der Waals surface area contributed by atoms with Crippen LogP contribution in [0.5, 0.6) is 0 Å². The zero-order valence-electron chi connectivity index (χ0n) is 16.4. The standard InChI is InChI=1S/C23H18N2O5S/c26-20(19-6-3-13-31-19)24-14-15-7-9-16(10-8-15)23(29)30-12-11-25-21(27)17-4-1-2-5-18(17)22(25)28/h1-10,13H,11-12,14H2,(H,24,26). The highest BCUT2D eigenvalue weighted by atomic mass is 32.1. The van der Waals surface area contributed by atoms with Crippen molar-refractivity contribution in [2.24, 2.45) is 0 Å². The lowest BCUT2D eigenvalue weighted by Gasteiger charge is -2.13. The molecule has 0 fully saturated rings. The minimum absolute atomic E-state index is 0.00901. The molecule has 1 aliphatic heterocycles.